The second kappa shape index (κ2) is 4.96. The molecular formula is C19H14N2O3. The van der Waals surface area contributed by atoms with Gasteiger partial charge in [0.2, 0.25) is 12.7 Å². The lowest BCUT2D eigenvalue weighted by Crippen LogP contribution is -2.23. The maximum absolute atomic E-state index is 12.2. The van der Waals surface area contributed by atoms with E-state index in [1.54, 1.807) is 6.20 Å². The summed E-state index contributed by atoms with van der Waals surface area (Å²) in [6.45, 7) is 0.217. The number of carbonyl (C=O) groups excluding carboxylic acids is 1. The Labute approximate surface area is 138 Å². The molecule has 2 aromatic carbocycles. The van der Waals surface area contributed by atoms with Gasteiger partial charge in [-0.05, 0) is 29.3 Å². The van der Waals surface area contributed by atoms with Crippen LogP contribution >= 0.6 is 0 Å². The van der Waals surface area contributed by atoms with E-state index in [0.717, 1.165) is 33.5 Å². The first-order valence-electron chi connectivity index (χ1n) is 7.86. The molecule has 2 aliphatic rings. The zero-order valence-electron chi connectivity index (χ0n) is 12.8. The van der Waals surface area contributed by atoms with Crippen molar-refractivity contribution in [2.75, 3.05) is 12.1 Å². The van der Waals surface area contributed by atoms with Crippen LogP contribution < -0.4 is 14.8 Å². The fourth-order valence-electron chi connectivity index (χ4n) is 3.56. The summed E-state index contributed by atoms with van der Waals surface area (Å²) >= 11 is 0. The normalized spacial score (nSPS) is 18.3. The molecule has 0 fully saturated rings. The standard InChI is InChI=1S/C19H14N2O3/c22-19-8-13(11-3-1-5-15-12(11)4-2-6-20-15)14-7-17-18(24-10-23-17)9-16(14)21-19/h1-7,9,13H,8,10H2,(H,21,22). The largest absolute Gasteiger partial charge is 0.454 e. The predicted octanol–water partition coefficient (Wildman–Crippen LogP) is 3.44. The number of anilines is 1. The minimum Gasteiger partial charge on any atom is -0.454 e. The van der Waals surface area contributed by atoms with E-state index >= 15 is 0 Å². The maximum Gasteiger partial charge on any atom is 0.231 e. The molecule has 1 unspecified atom stereocenters. The molecule has 5 rings (SSSR count). The molecular weight excluding hydrogens is 304 g/mol. The van der Waals surface area contributed by atoms with E-state index in [4.69, 9.17) is 9.47 Å². The fourth-order valence-corrected chi connectivity index (χ4v) is 3.56. The summed E-state index contributed by atoms with van der Waals surface area (Å²) in [7, 11) is 0. The van der Waals surface area contributed by atoms with Crippen LogP contribution in [-0.2, 0) is 4.79 Å². The third-order valence-corrected chi connectivity index (χ3v) is 4.64. The van der Waals surface area contributed by atoms with Crippen LogP contribution in [0.25, 0.3) is 10.9 Å². The first-order valence-corrected chi connectivity index (χ1v) is 7.86. The van der Waals surface area contributed by atoms with Crippen LogP contribution in [0.5, 0.6) is 11.5 Å². The lowest BCUT2D eigenvalue weighted by atomic mass is 9.83. The summed E-state index contributed by atoms with van der Waals surface area (Å²) in [6, 6.07) is 13.9. The van der Waals surface area contributed by atoms with Crippen molar-refractivity contribution in [2.45, 2.75) is 12.3 Å². The van der Waals surface area contributed by atoms with Gasteiger partial charge in [-0.1, -0.05) is 18.2 Å². The van der Waals surface area contributed by atoms with Gasteiger partial charge in [0.05, 0.1) is 5.52 Å². The average molecular weight is 318 g/mol. The van der Waals surface area contributed by atoms with Crippen LogP contribution in [0.4, 0.5) is 5.69 Å². The smallest absolute Gasteiger partial charge is 0.231 e. The highest BCUT2D eigenvalue weighted by Gasteiger charge is 2.30. The lowest BCUT2D eigenvalue weighted by molar-refractivity contribution is -0.116. The Morgan fingerprint density at radius 1 is 1.04 bits per heavy atom. The molecule has 5 heteroatoms. The molecule has 5 nitrogen and oxygen atoms in total. The number of hydrogen-bond acceptors (Lipinski definition) is 4. The zero-order valence-corrected chi connectivity index (χ0v) is 12.8. The van der Waals surface area contributed by atoms with Crippen LogP contribution in [0.3, 0.4) is 0 Å². The number of hydrogen-bond donors (Lipinski definition) is 1. The summed E-state index contributed by atoms with van der Waals surface area (Å²) in [6.07, 6.45) is 2.19. The van der Waals surface area contributed by atoms with Crippen molar-refractivity contribution in [3.8, 4) is 11.5 Å². The zero-order chi connectivity index (χ0) is 16.1. The monoisotopic (exact) mass is 318 g/mol. The van der Waals surface area contributed by atoms with Crippen LogP contribution in [0.1, 0.15) is 23.5 Å². The minimum atomic E-state index is -0.0313. The number of aromatic nitrogens is 1. The number of nitrogens with zero attached hydrogens (tertiary/aromatic N) is 1. The number of pyridine rings is 1. The molecule has 0 saturated heterocycles. The number of carbonyl (C=O) groups is 1. The highest BCUT2D eigenvalue weighted by Crippen LogP contribution is 2.45. The van der Waals surface area contributed by atoms with Gasteiger partial charge in [0.25, 0.3) is 0 Å². The van der Waals surface area contributed by atoms with E-state index in [-0.39, 0.29) is 18.6 Å². The van der Waals surface area contributed by atoms with Crippen molar-refractivity contribution in [2.24, 2.45) is 0 Å². The minimum absolute atomic E-state index is 0.00672. The van der Waals surface area contributed by atoms with Crippen LogP contribution in [0.2, 0.25) is 0 Å². The van der Waals surface area contributed by atoms with Crippen LogP contribution in [0.15, 0.2) is 48.7 Å². The van der Waals surface area contributed by atoms with E-state index in [9.17, 15) is 4.79 Å². The van der Waals surface area contributed by atoms with Crippen molar-refractivity contribution in [3.63, 3.8) is 0 Å². The van der Waals surface area contributed by atoms with Crippen molar-refractivity contribution < 1.29 is 14.3 Å². The Balaban J connectivity index is 1.73. The second-order valence-electron chi connectivity index (χ2n) is 6.01. The van der Waals surface area contributed by atoms with Crippen molar-refractivity contribution in [1.29, 1.82) is 0 Å². The van der Waals surface area contributed by atoms with Crippen LogP contribution in [0, 0.1) is 0 Å². The maximum atomic E-state index is 12.2. The highest BCUT2D eigenvalue weighted by molar-refractivity contribution is 5.97. The Morgan fingerprint density at radius 2 is 1.92 bits per heavy atom. The Kier molecular flexibility index (Phi) is 2.76. The molecule has 0 bridgehead atoms. The molecule has 3 aromatic rings. The van der Waals surface area contributed by atoms with Gasteiger partial charge in [0.1, 0.15) is 0 Å². The summed E-state index contributed by atoms with van der Waals surface area (Å²) in [5.41, 5.74) is 3.88. The van der Waals surface area contributed by atoms with Crippen LogP contribution in [-0.4, -0.2) is 17.7 Å². The molecule has 2 aliphatic heterocycles. The number of ether oxygens (including phenoxy) is 2. The Bertz CT molecular complexity index is 978. The van der Waals surface area contributed by atoms with E-state index in [1.165, 1.54) is 0 Å². The summed E-state index contributed by atoms with van der Waals surface area (Å²) in [4.78, 5) is 16.7. The summed E-state index contributed by atoms with van der Waals surface area (Å²) in [5, 5.41) is 4.02. The molecule has 3 heterocycles. The number of fused-ring (bicyclic) bond motifs is 3. The van der Waals surface area contributed by atoms with Gasteiger partial charge in [0.15, 0.2) is 11.5 Å². The third-order valence-electron chi connectivity index (χ3n) is 4.64. The van der Waals surface area contributed by atoms with Crippen molar-refractivity contribution >= 4 is 22.5 Å². The Morgan fingerprint density at radius 3 is 2.83 bits per heavy atom. The van der Waals surface area contributed by atoms with Gasteiger partial charge in [0, 0.05) is 35.7 Å². The number of nitrogens with one attached hydrogen (secondary N) is 1. The van der Waals surface area contributed by atoms with E-state index in [2.05, 4.69) is 22.4 Å². The Hall–Kier alpha value is -3.08. The lowest BCUT2D eigenvalue weighted by Gasteiger charge is -2.27. The molecule has 1 N–H and O–H groups in total. The van der Waals surface area contributed by atoms with Gasteiger partial charge in [-0.2, -0.15) is 0 Å². The molecule has 0 aliphatic carbocycles. The molecule has 0 radical (unpaired) electrons. The molecule has 0 saturated carbocycles. The predicted molar refractivity (Wildman–Crippen MR) is 89.4 cm³/mol. The number of rotatable bonds is 1. The quantitative estimate of drug-likeness (QED) is 0.746. The molecule has 1 atom stereocenters. The second-order valence-corrected chi connectivity index (χ2v) is 6.01. The average Bonchev–Trinajstić information content (AvgIpc) is 3.06. The number of amides is 1. The molecule has 1 aromatic heterocycles. The highest BCUT2D eigenvalue weighted by atomic mass is 16.7. The summed E-state index contributed by atoms with van der Waals surface area (Å²) in [5.74, 6) is 1.38. The molecule has 0 spiro atoms. The molecule has 24 heavy (non-hydrogen) atoms. The van der Waals surface area contributed by atoms with Gasteiger partial charge >= 0.3 is 0 Å². The van der Waals surface area contributed by atoms with Gasteiger partial charge in [-0.15, -0.1) is 0 Å². The van der Waals surface area contributed by atoms with Gasteiger partial charge in [-0.25, -0.2) is 0 Å². The van der Waals surface area contributed by atoms with E-state index < -0.39 is 0 Å². The van der Waals surface area contributed by atoms with Crippen molar-refractivity contribution in [3.05, 3.63) is 59.8 Å². The first kappa shape index (κ1) is 13.4. The van der Waals surface area contributed by atoms with Crippen molar-refractivity contribution in [1.82, 2.24) is 4.98 Å². The third kappa shape index (κ3) is 1.94. The van der Waals surface area contributed by atoms with E-state index in [1.807, 2.05) is 30.3 Å². The first-order chi connectivity index (χ1) is 11.8. The summed E-state index contributed by atoms with van der Waals surface area (Å²) < 4.78 is 10.9. The topological polar surface area (TPSA) is 60.5 Å². The fraction of sp³-hybridized carbons (Fsp3) is 0.158. The SMILES string of the molecule is O=C1CC(c2cccc3ncccc23)c2cc3c(cc2N1)OCO3. The van der Waals surface area contributed by atoms with Gasteiger partial charge in [-0.3, -0.25) is 9.78 Å². The number of benzene rings is 2. The molecule has 118 valence electrons. The molecule has 1 amide bonds. The van der Waals surface area contributed by atoms with E-state index in [0.29, 0.717) is 12.2 Å². The van der Waals surface area contributed by atoms with Gasteiger partial charge < -0.3 is 14.8 Å².